The number of hydrogen-bond acceptors (Lipinski definition) is 3. The summed E-state index contributed by atoms with van der Waals surface area (Å²) in [5.74, 6) is 0.824. The summed E-state index contributed by atoms with van der Waals surface area (Å²) in [5.41, 5.74) is 11.7. The Morgan fingerprint density at radius 3 is 2.88 bits per heavy atom. The first-order valence-electron chi connectivity index (χ1n) is 5.97. The summed E-state index contributed by atoms with van der Waals surface area (Å²) < 4.78 is 5.40. The zero-order chi connectivity index (χ0) is 12.0. The lowest BCUT2D eigenvalue weighted by Crippen LogP contribution is -2.01. The van der Waals surface area contributed by atoms with E-state index in [0.29, 0.717) is 0 Å². The van der Waals surface area contributed by atoms with Crippen LogP contribution >= 0.6 is 0 Å². The summed E-state index contributed by atoms with van der Waals surface area (Å²) >= 11 is 0. The third kappa shape index (κ3) is 1.38. The lowest BCUT2D eigenvalue weighted by atomic mass is 10.0. The van der Waals surface area contributed by atoms with Gasteiger partial charge in [0, 0.05) is 11.4 Å². The number of fused-ring (bicyclic) bond motifs is 2. The number of ether oxygens (including phenoxy) is 1. The molecule has 3 rings (SSSR count). The van der Waals surface area contributed by atoms with Crippen molar-refractivity contribution in [3.05, 3.63) is 29.0 Å². The molecule has 3 heteroatoms. The number of anilines is 1. The number of pyridine rings is 1. The SMILES string of the molecule is COc1ccc(C)c2nc3c(c(N)c12)CCC3. The van der Waals surface area contributed by atoms with Crippen LogP contribution in [0.2, 0.25) is 0 Å². The molecule has 1 aliphatic carbocycles. The van der Waals surface area contributed by atoms with Crippen LogP contribution in [0.3, 0.4) is 0 Å². The summed E-state index contributed by atoms with van der Waals surface area (Å²) in [6.45, 7) is 2.07. The molecule has 0 bridgehead atoms. The quantitative estimate of drug-likeness (QED) is 0.816. The van der Waals surface area contributed by atoms with Crippen molar-refractivity contribution < 1.29 is 4.74 Å². The second-order valence-electron chi connectivity index (χ2n) is 4.61. The van der Waals surface area contributed by atoms with E-state index in [0.717, 1.165) is 47.2 Å². The normalized spacial score (nSPS) is 14.0. The number of aromatic nitrogens is 1. The monoisotopic (exact) mass is 228 g/mol. The molecule has 88 valence electrons. The van der Waals surface area contributed by atoms with E-state index in [1.807, 2.05) is 12.1 Å². The highest BCUT2D eigenvalue weighted by atomic mass is 16.5. The molecule has 3 nitrogen and oxygen atoms in total. The van der Waals surface area contributed by atoms with Crippen molar-refractivity contribution in [2.75, 3.05) is 12.8 Å². The predicted molar refractivity (Wildman–Crippen MR) is 69.5 cm³/mol. The van der Waals surface area contributed by atoms with Gasteiger partial charge in [0.2, 0.25) is 0 Å². The first-order valence-corrected chi connectivity index (χ1v) is 5.97. The smallest absolute Gasteiger partial charge is 0.130 e. The van der Waals surface area contributed by atoms with E-state index in [4.69, 9.17) is 15.5 Å². The topological polar surface area (TPSA) is 48.1 Å². The Morgan fingerprint density at radius 1 is 1.29 bits per heavy atom. The van der Waals surface area contributed by atoms with E-state index < -0.39 is 0 Å². The fourth-order valence-corrected chi connectivity index (χ4v) is 2.68. The molecule has 0 fully saturated rings. The minimum Gasteiger partial charge on any atom is -0.496 e. The molecule has 0 saturated heterocycles. The van der Waals surface area contributed by atoms with Gasteiger partial charge in [-0.1, -0.05) is 6.07 Å². The van der Waals surface area contributed by atoms with Crippen LogP contribution < -0.4 is 10.5 Å². The number of hydrogen-bond donors (Lipinski definition) is 1. The zero-order valence-electron chi connectivity index (χ0n) is 10.2. The number of rotatable bonds is 1. The molecule has 2 aromatic rings. The van der Waals surface area contributed by atoms with Crippen LogP contribution in [0.25, 0.3) is 10.9 Å². The first-order chi connectivity index (χ1) is 8.22. The molecule has 17 heavy (non-hydrogen) atoms. The van der Waals surface area contributed by atoms with Gasteiger partial charge in [-0.3, -0.25) is 4.98 Å². The highest BCUT2D eigenvalue weighted by Crippen LogP contribution is 2.37. The first kappa shape index (κ1) is 10.4. The Bertz CT molecular complexity index is 605. The molecule has 1 aliphatic rings. The van der Waals surface area contributed by atoms with Gasteiger partial charge < -0.3 is 10.5 Å². The zero-order valence-corrected chi connectivity index (χ0v) is 10.2. The van der Waals surface area contributed by atoms with Crippen molar-refractivity contribution in [3.8, 4) is 5.75 Å². The predicted octanol–water partition coefficient (Wildman–Crippen LogP) is 2.62. The van der Waals surface area contributed by atoms with E-state index in [9.17, 15) is 0 Å². The van der Waals surface area contributed by atoms with Crippen LogP contribution in [-0.4, -0.2) is 12.1 Å². The number of nitrogen functional groups attached to an aromatic ring is 1. The maximum atomic E-state index is 6.30. The van der Waals surface area contributed by atoms with E-state index in [1.54, 1.807) is 7.11 Å². The van der Waals surface area contributed by atoms with Gasteiger partial charge in [-0.25, -0.2) is 0 Å². The van der Waals surface area contributed by atoms with Crippen LogP contribution in [0.1, 0.15) is 23.2 Å². The van der Waals surface area contributed by atoms with Gasteiger partial charge in [0.15, 0.2) is 0 Å². The number of aryl methyl sites for hydroxylation is 2. The second kappa shape index (κ2) is 3.62. The largest absolute Gasteiger partial charge is 0.496 e. The Balaban J connectivity index is 2.46. The average Bonchev–Trinajstić information content (AvgIpc) is 2.79. The van der Waals surface area contributed by atoms with Crippen molar-refractivity contribution >= 4 is 16.6 Å². The third-order valence-electron chi connectivity index (χ3n) is 3.59. The minimum absolute atomic E-state index is 0.824. The number of methoxy groups -OCH3 is 1. The molecule has 2 N–H and O–H groups in total. The Hall–Kier alpha value is -1.77. The van der Waals surface area contributed by atoms with Gasteiger partial charge in [0.05, 0.1) is 18.0 Å². The van der Waals surface area contributed by atoms with Crippen molar-refractivity contribution in [2.24, 2.45) is 0 Å². The Labute approximate surface area is 101 Å². The van der Waals surface area contributed by atoms with Crippen molar-refractivity contribution in [1.82, 2.24) is 4.98 Å². The van der Waals surface area contributed by atoms with Crippen LogP contribution in [0.15, 0.2) is 12.1 Å². The summed E-state index contributed by atoms with van der Waals surface area (Å²) in [6, 6.07) is 4.01. The van der Waals surface area contributed by atoms with E-state index in [1.165, 1.54) is 11.3 Å². The van der Waals surface area contributed by atoms with Crippen molar-refractivity contribution in [1.29, 1.82) is 0 Å². The van der Waals surface area contributed by atoms with Crippen molar-refractivity contribution in [3.63, 3.8) is 0 Å². The van der Waals surface area contributed by atoms with Crippen molar-refractivity contribution in [2.45, 2.75) is 26.2 Å². The molecule has 0 spiro atoms. The maximum Gasteiger partial charge on any atom is 0.130 e. The highest BCUT2D eigenvalue weighted by Gasteiger charge is 2.20. The third-order valence-corrected chi connectivity index (χ3v) is 3.59. The number of nitrogens with zero attached hydrogens (tertiary/aromatic N) is 1. The summed E-state index contributed by atoms with van der Waals surface area (Å²) in [5, 5.41) is 0.980. The fourth-order valence-electron chi connectivity index (χ4n) is 2.68. The fraction of sp³-hybridized carbons (Fsp3) is 0.357. The van der Waals surface area contributed by atoms with Gasteiger partial charge in [0.1, 0.15) is 5.75 Å². The number of benzene rings is 1. The van der Waals surface area contributed by atoms with Crippen LogP contribution in [-0.2, 0) is 12.8 Å². The average molecular weight is 228 g/mol. The molecule has 0 radical (unpaired) electrons. The molecule has 1 heterocycles. The van der Waals surface area contributed by atoms with E-state index in [2.05, 4.69) is 6.92 Å². The maximum absolute atomic E-state index is 6.30. The van der Waals surface area contributed by atoms with Gasteiger partial charge in [0.25, 0.3) is 0 Å². The standard InChI is InChI=1S/C14H16N2O/c1-8-6-7-11(17-2)12-13(15)9-4-3-5-10(9)16-14(8)12/h6-7H,3-5H2,1-2H3,(H2,15,16). The van der Waals surface area contributed by atoms with Gasteiger partial charge in [-0.15, -0.1) is 0 Å². The molecule has 0 amide bonds. The van der Waals surface area contributed by atoms with Crippen LogP contribution in [0.5, 0.6) is 5.75 Å². The van der Waals surface area contributed by atoms with Crippen LogP contribution in [0, 0.1) is 6.92 Å². The highest BCUT2D eigenvalue weighted by molar-refractivity contribution is 5.99. The lowest BCUT2D eigenvalue weighted by Gasteiger charge is -2.13. The summed E-state index contributed by atoms with van der Waals surface area (Å²) in [6.07, 6.45) is 3.25. The van der Waals surface area contributed by atoms with Gasteiger partial charge >= 0.3 is 0 Å². The molecule has 1 aromatic carbocycles. The molecule has 1 aromatic heterocycles. The van der Waals surface area contributed by atoms with E-state index >= 15 is 0 Å². The molecule has 0 saturated carbocycles. The Kier molecular flexibility index (Phi) is 2.21. The molecule has 0 atom stereocenters. The lowest BCUT2D eigenvalue weighted by molar-refractivity contribution is 0.420. The molecular weight excluding hydrogens is 212 g/mol. The van der Waals surface area contributed by atoms with Gasteiger partial charge in [-0.2, -0.15) is 0 Å². The molecule has 0 aliphatic heterocycles. The molecular formula is C14H16N2O. The molecule has 0 unspecified atom stereocenters. The number of nitrogens with two attached hydrogens (primary N) is 1. The summed E-state index contributed by atoms with van der Waals surface area (Å²) in [7, 11) is 1.68. The second-order valence-corrected chi connectivity index (χ2v) is 4.61. The van der Waals surface area contributed by atoms with Crippen LogP contribution in [0.4, 0.5) is 5.69 Å². The Morgan fingerprint density at radius 2 is 2.12 bits per heavy atom. The van der Waals surface area contributed by atoms with Gasteiger partial charge in [-0.05, 0) is 43.4 Å². The van der Waals surface area contributed by atoms with E-state index in [-0.39, 0.29) is 0 Å². The summed E-state index contributed by atoms with van der Waals surface area (Å²) in [4.78, 5) is 4.76. The minimum atomic E-state index is 0.824.